The van der Waals surface area contributed by atoms with Gasteiger partial charge in [0.05, 0.1) is 10.5 Å². The Kier molecular flexibility index (Phi) is 6.27. The van der Waals surface area contributed by atoms with E-state index in [1.165, 1.54) is 18.2 Å². The predicted octanol–water partition coefficient (Wildman–Crippen LogP) is 5.40. The van der Waals surface area contributed by atoms with Gasteiger partial charge in [0.2, 0.25) is 0 Å². The molecule has 0 bridgehead atoms. The van der Waals surface area contributed by atoms with Crippen molar-refractivity contribution in [3.8, 4) is 0 Å². The Bertz CT molecular complexity index is 940. The van der Waals surface area contributed by atoms with Crippen molar-refractivity contribution >= 4 is 39.1 Å². The Morgan fingerprint density at radius 1 is 1.07 bits per heavy atom. The van der Waals surface area contributed by atoms with Crippen LogP contribution in [0.4, 0.5) is 5.69 Å². The summed E-state index contributed by atoms with van der Waals surface area (Å²) in [6, 6.07) is 4.06. The van der Waals surface area contributed by atoms with Crippen molar-refractivity contribution in [1.29, 1.82) is 0 Å². The molecule has 0 atom stereocenters. The Balaban J connectivity index is 2.42. The van der Waals surface area contributed by atoms with Gasteiger partial charge in [-0.05, 0) is 45.0 Å². The van der Waals surface area contributed by atoms with Crippen LogP contribution in [0, 0.1) is 20.9 Å². The first-order chi connectivity index (χ1) is 13.2. The van der Waals surface area contributed by atoms with Crippen LogP contribution >= 0.6 is 15.9 Å². The van der Waals surface area contributed by atoms with Crippen LogP contribution in [-0.2, 0) is 9.63 Å². The van der Waals surface area contributed by atoms with Gasteiger partial charge in [-0.15, -0.1) is 0 Å². The molecule has 1 aliphatic carbocycles. The molecule has 0 saturated heterocycles. The third-order valence-electron chi connectivity index (χ3n) is 4.32. The molecule has 0 amide bonds. The highest BCUT2D eigenvalue weighted by Crippen LogP contribution is 2.37. The van der Waals surface area contributed by atoms with Crippen molar-refractivity contribution in [1.82, 2.24) is 0 Å². The first kappa shape index (κ1) is 22.7. The molecule has 8 heteroatoms. The van der Waals surface area contributed by atoms with Gasteiger partial charge in [-0.1, -0.05) is 52.8 Å². The monoisotopic (exact) mass is 462 g/mol. The Morgan fingerprint density at radius 3 is 2.03 bits per heavy atom. The molecule has 1 aromatic carbocycles. The highest BCUT2D eigenvalue weighted by Gasteiger charge is 2.34. The maximum absolute atomic E-state index is 12.9. The van der Waals surface area contributed by atoms with Crippen LogP contribution in [0.2, 0.25) is 0 Å². The Labute approximate surface area is 177 Å². The highest BCUT2D eigenvalue weighted by atomic mass is 79.9. The van der Waals surface area contributed by atoms with Crippen LogP contribution in [0.3, 0.4) is 0 Å². The number of hydrogen-bond donors (Lipinski definition) is 0. The molecule has 29 heavy (non-hydrogen) atoms. The normalized spacial score (nSPS) is 14.9. The summed E-state index contributed by atoms with van der Waals surface area (Å²) >= 11 is 3.07. The summed E-state index contributed by atoms with van der Waals surface area (Å²) in [5, 5.41) is 14.9. The van der Waals surface area contributed by atoms with E-state index in [9.17, 15) is 19.7 Å². The third-order valence-corrected chi connectivity index (χ3v) is 5.15. The van der Waals surface area contributed by atoms with E-state index in [2.05, 4.69) is 21.1 Å². The second-order valence-corrected chi connectivity index (χ2v) is 9.53. The zero-order valence-corrected chi connectivity index (χ0v) is 18.8. The number of halogens is 1. The topological polar surface area (TPSA) is 98.9 Å². The number of allylic oxidation sites excluding steroid dienone is 4. The fourth-order valence-corrected chi connectivity index (χ4v) is 3.31. The van der Waals surface area contributed by atoms with Gasteiger partial charge in [-0.2, -0.15) is 0 Å². The van der Waals surface area contributed by atoms with Crippen LogP contribution in [-0.4, -0.2) is 22.4 Å². The smallest absolute Gasteiger partial charge is 0.312 e. The second-order valence-electron chi connectivity index (χ2n) is 8.74. The lowest BCUT2D eigenvalue weighted by atomic mass is 9.72. The summed E-state index contributed by atoms with van der Waals surface area (Å²) in [5.74, 6) is -0.905. The largest absolute Gasteiger partial charge is 0.367 e. The number of hydrogen-bond acceptors (Lipinski definition) is 6. The van der Waals surface area contributed by atoms with Crippen LogP contribution in [0.25, 0.3) is 0 Å². The molecule has 0 aliphatic heterocycles. The number of oxime groups is 1. The molecule has 0 unspecified atom stereocenters. The SMILES string of the molecule is CC(C)(C)C1=CC(=NOC(=O)c2cccc([N+](=O)[O-])c2Br)C=C(C(C)(C)C)C1=O. The minimum absolute atomic E-state index is 0.0181. The van der Waals surface area contributed by atoms with Crippen LogP contribution in [0.5, 0.6) is 0 Å². The van der Waals surface area contributed by atoms with Crippen LogP contribution in [0.15, 0.2) is 51.1 Å². The van der Waals surface area contributed by atoms with Crippen molar-refractivity contribution in [3.63, 3.8) is 0 Å². The lowest BCUT2D eigenvalue weighted by molar-refractivity contribution is -0.385. The minimum Gasteiger partial charge on any atom is -0.312 e. The Hall–Kier alpha value is -2.61. The zero-order valence-electron chi connectivity index (χ0n) is 17.2. The quantitative estimate of drug-likeness (QED) is 0.259. The van der Waals surface area contributed by atoms with Gasteiger partial charge < -0.3 is 4.84 Å². The maximum Gasteiger partial charge on any atom is 0.367 e. The molecule has 7 nitrogen and oxygen atoms in total. The number of Topliss-reactive ketones (excluding diaryl/α,β-unsaturated/α-hetero) is 1. The molecule has 154 valence electrons. The molecular weight excluding hydrogens is 440 g/mol. The summed E-state index contributed by atoms with van der Waals surface area (Å²) in [4.78, 5) is 40.8. The number of carbonyl (C=O) groups is 2. The van der Waals surface area contributed by atoms with Crippen molar-refractivity contribution in [3.05, 3.63) is 61.6 Å². The average molecular weight is 463 g/mol. The summed E-state index contributed by atoms with van der Waals surface area (Å²) in [6.45, 7) is 11.5. The van der Waals surface area contributed by atoms with E-state index in [0.29, 0.717) is 16.9 Å². The van der Waals surface area contributed by atoms with E-state index in [1.54, 1.807) is 12.2 Å². The molecule has 0 spiro atoms. The maximum atomic E-state index is 12.9. The van der Waals surface area contributed by atoms with Gasteiger partial charge in [0, 0.05) is 17.2 Å². The number of nitrogens with zero attached hydrogens (tertiary/aromatic N) is 2. The molecule has 1 aromatic rings. The molecule has 0 N–H and O–H groups in total. The van der Waals surface area contributed by atoms with E-state index in [1.807, 2.05) is 41.5 Å². The van der Waals surface area contributed by atoms with E-state index in [0.717, 1.165) is 0 Å². The van der Waals surface area contributed by atoms with Crippen LogP contribution < -0.4 is 0 Å². The standard InChI is InChI=1S/C21H23BrN2O5/c1-20(2,3)14-10-12(11-15(18(14)25)21(4,5)6)23-29-19(26)13-8-7-9-16(17(13)22)24(27)28/h7-11H,1-6H3. The van der Waals surface area contributed by atoms with Crippen molar-refractivity contribution in [2.24, 2.45) is 16.0 Å². The predicted molar refractivity (Wildman–Crippen MR) is 114 cm³/mol. The van der Waals surface area contributed by atoms with Gasteiger partial charge in [0.1, 0.15) is 10.2 Å². The van der Waals surface area contributed by atoms with E-state index in [4.69, 9.17) is 4.84 Å². The van der Waals surface area contributed by atoms with Gasteiger partial charge in [0.25, 0.3) is 5.69 Å². The molecule has 1 aliphatic rings. The van der Waals surface area contributed by atoms with Gasteiger partial charge >= 0.3 is 5.97 Å². The highest BCUT2D eigenvalue weighted by molar-refractivity contribution is 9.10. The first-order valence-electron chi connectivity index (χ1n) is 8.95. The number of nitro benzene ring substituents is 1. The third kappa shape index (κ3) is 5.06. The zero-order chi connectivity index (χ0) is 22.1. The van der Waals surface area contributed by atoms with E-state index < -0.39 is 21.7 Å². The fraction of sp³-hybridized carbons (Fsp3) is 0.381. The van der Waals surface area contributed by atoms with Gasteiger partial charge in [-0.3, -0.25) is 14.9 Å². The number of nitro groups is 1. The minimum atomic E-state index is -0.846. The van der Waals surface area contributed by atoms with Crippen molar-refractivity contribution < 1.29 is 19.3 Å². The molecule has 0 saturated carbocycles. The van der Waals surface area contributed by atoms with Gasteiger partial charge in [-0.25, -0.2) is 4.79 Å². The Morgan fingerprint density at radius 2 is 1.59 bits per heavy atom. The molecule has 0 radical (unpaired) electrons. The molecule has 0 aromatic heterocycles. The summed E-state index contributed by atoms with van der Waals surface area (Å²) in [5.41, 5.74) is 0.350. The summed E-state index contributed by atoms with van der Waals surface area (Å²) in [6.07, 6.45) is 3.21. The average Bonchev–Trinajstić information content (AvgIpc) is 2.58. The lowest BCUT2D eigenvalue weighted by Gasteiger charge is -2.30. The number of ketones is 1. The number of rotatable bonds is 3. The number of benzene rings is 1. The van der Waals surface area contributed by atoms with Crippen molar-refractivity contribution in [2.75, 3.05) is 0 Å². The molecular formula is C21H23BrN2O5. The van der Waals surface area contributed by atoms with E-state index >= 15 is 0 Å². The van der Waals surface area contributed by atoms with Gasteiger partial charge in [0.15, 0.2) is 5.78 Å². The fourth-order valence-electron chi connectivity index (χ4n) is 2.74. The summed E-state index contributed by atoms with van der Waals surface area (Å²) in [7, 11) is 0. The first-order valence-corrected chi connectivity index (χ1v) is 9.74. The van der Waals surface area contributed by atoms with Crippen molar-refractivity contribution in [2.45, 2.75) is 41.5 Å². The lowest BCUT2D eigenvalue weighted by Crippen LogP contribution is -2.29. The molecule has 0 fully saturated rings. The molecule has 0 heterocycles. The number of carbonyl (C=O) groups excluding carboxylic acids is 2. The van der Waals surface area contributed by atoms with E-state index in [-0.39, 0.29) is 21.5 Å². The van der Waals surface area contributed by atoms with Crippen LogP contribution in [0.1, 0.15) is 51.9 Å². The summed E-state index contributed by atoms with van der Waals surface area (Å²) < 4.78 is 0.0193. The second kappa shape index (κ2) is 8.02. The molecule has 2 rings (SSSR count).